The third kappa shape index (κ3) is 4.43. The van der Waals surface area contributed by atoms with E-state index in [1.54, 1.807) is 6.07 Å². The second kappa shape index (κ2) is 9.60. The molecule has 0 unspecified atom stereocenters. The molecule has 1 saturated carbocycles. The molecule has 0 amide bonds. The molecule has 3 saturated heterocycles. The number of quaternary nitrogens is 1. The molecule has 3 aliphatic heterocycles. The lowest BCUT2D eigenvalue weighted by Crippen LogP contribution is -2.64. The summed E-state index contributed by atoms with van der Waals surface area (Å²) in [6.45, 7) is 3.54. The number of fused-ring (bicyclic) bond motifs is 3. The predicted octanol–water partition coefficient (Wildman–Crippen LogP) is 5.21. The number of benzene rings is 2. The maximum Gasteiger partial charge on any atom is 0.271 e. The van der Waals surface area contributed by atoms with Crippen molar-refractivity contribution in [3.8, 4) is 5.75 Å². The largest absolute Gasteiger partial charge is 0.484 e. The minimum atomic E-state index is -1.27. The Morgan fingerprint density at radius 2 is 1.75 bits per heavy atom. The van der Waals surface area contributed by atoms with Crippen molar-refractivity contribution in [1.29, 1.82) is 0 Å². The van der Waals surface area contributed by atoms with E-state index in [2.05, 4.69) is 10.2 Å². The molecule has 6 nitrogen and oxygen atoms in total. The van der Waals surface area contributed by atoms with Gasteiger partial charge in [0.25, 0.3) is 11.8 Å². The van der Waals surface area contributed by atoms with Crippen molar-refractivity contribution in [3.63, 3.8) is 0 Å². The fourth-order valence-corrected chi connectivity index (χ4v) is 6.80. The molecule has 0 radical (unpaired) electrons. The van der Waals surface area contributed by atoms with Gasteiger partial charge in [-0.3, -0.25) is 0 Å². The van der Waals surface area contributed by atoms with E-state index in [1.165, 1.54) is 18.6 Å². The van der Waals surface area contributed by atoms with Crippen LogP contribution in [0.2, 0.25) is 0 Å². The van der Waals surface area contributed by atoms with Crippen LogP contribution in [0.25, 0.3) is 0 Å². The average molecular weight is 493 g/mol. The van der Waals surface area contributed by atoms with Gasteiger partial charge in [0, 0.05) is 30.7 Å². The molecule has 2 bridgehead atoms. The maximum atomic E-state index is 13.7. The van der Waals surface area contributed by atoms with Gasteiger partial charge in [-0.05, 0) is 30.5 Å². The molecule has 7 heteroatoms. The number of hydrogen-bond donors (Lipinski definition) is 1. The number of hydrogen-bond acceptors (Lipinski definition) is 5. The molecule has 4 fully saturated rings. The Morgan fingerprint density at radius 1 is 0.972 bits per heavy atom. The fourth-order valence-electron chi connectivity index (χ4n) is 6.80. The van der Waals surface area contributed by atoms with E-state index >= 15 is 0 Å². The third-order valence-corrected chi connectivity index (χ3v) is 8.80. The van der Waals surface area contributed by atoms with E-state index in [-0.39, 0.29) is 17.8 Å². The van der Waals surface area contributed by atoms with E-state index in [0.717, 1.165) is 68.2 Å². The highest BCUT2D eigenvalue weighted by Gasteiger charge is 2.49. The van der Waals surface area contributed by atoms with Crippen LogP contribution >= 0.6 is 0 Å². The van der Waals surface area contributed by atoms with Crippen molar-refractivity contribution in [2.75, 3.05) is 19.6 Å². The highest BCUT2D eigenvalue weighted by Crippen LogP contribution is 2.44. The van der Waals surface area contributed by atoms with Gasteiger partial charge < -0.3 is 18.7 Å². The van der Waals surface area contributed by atoms with Crippen molar-refractivity contribution in [2.45, 2.75) is 63.2 Å². The zero-order valence-corrected chi connectivity index (χ0v) is 20.7. The lowest BCUT2D eigenvalue weighted by molar-refractivity contribution is -0.959. The number of piperidine rings is 3. The summed E-state index contributed by atoms with van der Waals surface area (Å²) in [5.74, 6) is 1.74. The van der Waals surface area contributed by atoms with Gasteiger partial charge in [0.2, 0.25) is 0 Å². The van der Waals surface area contributed by atoms with E-state index in [9.17, 15) is 9.50 Å². The minimum absolute atomic E-state index is 0.0418. The van der Waals surface area contributed by atoms with Crippen LogP contribution in [-0.2, 0) is 12.1 Å². The molecule has 4 heterocycles. The number of halogens is 1. The standard InChI is InChI=1S/C29H35FN3O3/c30-24-12-7-13-25(18-24)35-26-19-33(16-14-21(26)15-17-33)20-27-31-32-28(36-27)29(34,22-8-3-1-4-9-22)23-10-5-2-6-11-23/h1,3-4,7-9,12-13,18,21,23,26,34H,2,5-6,10-11,14-17,19-20H2/q+1/t21?,26-,29-,33?/m0/s1. The second-order valence-electron chi connectivity index (χ2n) is 11.0. The van der Waals surface area contributed by atoms with E-state index < -0.39 is 5.60 Å². The van der Waals surface area contributed by atoms with Crippen molar-refractivity contribution in [2.24, 2.45) is 11.8 Å². The summed E-state index contributed by atoms with van der Waals surface area (Å²) >= 11 is 0. The first kappa shape index (κ1) is 23.6. The summed E-state index contributed by atoms with van der Waals surface area (Å²) in [4.78, 5) is 0. The first-order valence-electron chi connectivity index (χ1n) is 13.4. The zero-order chi connectivity index (χ0) is 24.6. The monoisotopic (exact) mass is 492 g/mol. The van der Waals surface area contributed by atoms with Crippen LogP contribution in [0, 0.1) is 17.7 Å². The van der Waals surface area contributed by atoms with Crippen molar-refractivity contribution in [1.82, 2.24) is 10.2 Å². The molecule has 2 atom stereocenters. The molecule has 7 rings (SSSR count). The SMILES string of the molecule is O[C@](c1ccccc1)(c1nnc(C[N+]23CCC(CC2)[C@@H](Oc2cccc(F)c2)C3)o1)C1CCCCC1. The van der Waals surface area contributed by atoms with Gasteiger partial charge in [0.1, 0.15) is 18.1 Å². The molecule has 2 aromatic carbocycles. The zero-order valence-electron chi connectivity index (χ0n) is 20.7. The smallest absolute Gasteiger partial charge is 0.271 e. The summed E-state index contributed by atoms with van der Waals surface area (Å²) in [7, 11) is 0. The highest BCUT2D eigenvalue weighted by molar-refractivity contribution is 5.29. The van der Waals surface area contributed by atoms with Crippen LogP contribution in [0.1, 0.15) is 62.3 Å². The summed E-state index contributed by atoms with van der Waals surface area (Å²) < 4.78 is 27.1. The average Bonchev–Trinajstić information content (AvgIpc) is 3.38. The van der Waals surface area contributed by atoms with Crippen LogP contribution < -0.4 is 4.74 Å². The van der Waals surface area contributed by atoms with E-state index in [0.29, 0.717) is 30.0 Å². The van der Waals surface area contributed by atoms with Crippen LogP contribution in [0.15, 0.2) is 59.0 Å². The lowest BCUT2D eigenvalue weighted by Gasteiger charge is -2.51. The van der Waals surface area contributed by atoms with Crippen molar-refractivity contribution in [3.05, 3.63) is 77.8 Å². The summed E-state index contributed by atoms with van der Waals surface area (Å²) in [5.41, 5.74) is -0.452. The number of rotatable bonds is 7. The van der Waals surface area contributed by atoms with Gasteiger partial charge in [0.15, 0.2) is 18.2 Å². The first-order valence-corrected chi connectivity index (χ1v) is 13.4. The Morgan fingerprint density at radius 3 is 2.50 bits per heavy atom. The van der Waals surface area contributed by atoms with Gasteiger partial charge in [0.05, 0.1) is 13.1 Å². The molecule has 4 aliphatic rings. The Balaban J connectivity index is 1.23. The lowest BCUT2D eigenvalue weighted by atomic mass is 9.73. The maximum absolute atomic E-state index is 13.7. The van der Waals surface area contributed by atoms with Crippen LogP contribution in [0.4, 0.5) is 4.39 Å². The fraction of sp³-hybridized carbons (Fsp3) is 0.517. The van der Waals surface area contributed by atoms with Crippen LogP contribution in [0.3, 0.4) is 0 Å². The molecule has 190 valence electrons. The van der Waals surface area contributed by atoms with Crippen molar-refractivity contribution < 1.29 is 23.1 Å². The second-order valence-corrected chi connectivity index (χ2v) is 11.0. The molecule has 36 heavy (non-hydrogen) atoms. The Kier molecular flexibility index (Phi) is 6.30. The predicted molar refractivity (Wildman–Crippen MR) is 132 cm³/mol. The van der Waals surface area contributed by atoms with Crippen LogP contribution in [0.5, 0.6) is 5.75 Å². The Labute approximate surface area is 211 Å². The quantitative estimate of drug-likeness (QED) is 0.459. The van der Waals surface area contributed by atoms with Gasteiger partial charge in [-0.25, -0.2) is 4.39 Å². The summed E-state index contributed by atoms with van der Waals surface area (Å²) in [6, 6.07) is 16.2. The normalized spacial score (nSPS) is 28.1. The number of aliphatic hydroxyl groups is 1. The highest BCUT2D eigenvalue weighted by atomic mass is 19.1. The number of aromatic nitrogens is 2. The van der Waals surface area contributed by atoms with Crippen molar-refractivity contribution >= 4 is 0 Å². The third-order valence-electron chi connectivity index (χ3n) is 8.80. The Bertz CT molecular complexity index is 1170. The molecule has 1 aromatic heterocycles. The van der Waals surface area contributed by atoms with Gasteiger partial charge in [-0.15, -0.1) is 10.2 Å². The van der Waals surface area contributed by atoms with Gasteiger partial charge in [-0.1, -0.05) is 55.7 Å². The molecule has 3 aromatic rings. The number of ether oxygens (including phenoxy) is 1. The van der Waals surface area contributed by atoms with Gasteiger partial charge >= 0.3 is 0 Å². The van der Waals surface area contributed by atoms with Crippen LogP contribution in [-0.4, -0.2) is 45.5 Å². The molecule has 0 spiro atoms. The number of nitrogens with zero attached hydrogens (tertiary/aromatic N) is 3. The Hall–Kier alpha value is -2.77. The minimum Gasteiger partial charge on any atom is -0.484 e. The van der Waals surface area contributed by atoms with E-state index in [4.69, 9.17) is 9.15 Å². The first-order chi connectivity index (χ1) is 17.5. The topological polar surface area (TPSA) is 68.4 Å². The van der Waals surface area contributed by atoms with Gasteiger partial charge in [-0.2, -0.15) is 0 Å². The summed E-state index contributed by atoms with van der Waals surface area (Å²) in [6.07, 6.45) is 7.49. The van der Waals surface area contributed by atoms with E-state index in [1.807, 2.05) is 36.4 Å². The molecule has 1 N–H and O–H groups in total. The molecule has 1 aliphatic carbocycles. The summed E-state index contributed by atoms with van der Waals surface area (Å²) in [5, 5.41) is 21.0. The molecular formula is C29H35FN3O3+. The molecular weight excluding hydrogens is 457 g/mol.